The number of aromatic nitrogens is 1. The minimum absolute atomic E-state index is 0.133. The number of nitrogens with two attached hydrogens (primary N) is 1. The van der Waals surface area contributed by atoms with Crippen molar-refractivity contribution < 1.29 is 4.79 Å². The molecule has 0 radical (unpaired) electrons. The summed E-state index contributed by atoms with van der Waals surface area (Å²) >= 11 is 0. The zero-order chi connectivity index (χ0) is 12.5. The van der Waals surface area contributed by atoms with Crippen LogP contribution in [0, 0.1) is 11.8 Å². The van der Waals surface area contributed by atoms with Crippen LogP contribution in [-0.2, 0) is 0 Å². The maximum atomic E-state index is 12.4. The Morgan fingerprint density at radius 1 is 1.50 bits per heavy atom. The monoisotopic (exact) mass is 245 g/mol. The highest BCUT2D eigenvalue weighted by molar-refractivity contribution is 5.94. The van der Waals surface area contributed by atoms with Crippen molar-refractivity contribution in [2.45, 2.75) is 25.3 Å². The van der Waals surface area contributed by atoms with Crippen LogP contribution < -0.4 is 5.73 Å². The maximum Gasteiger partial charge on any atom is 0.255 e. The molecule has 0 aromatic carbocycles. The van der Waals surface area contributed by atoms with E-state index in [1.165, 1.54) is 6.42 Å². The van der Waals surface area contributed by atoms with Crippen LogP contribution in [0.1, 0.15) is 29.6 Å². The molecule has 1 amide bonds. The van der Waals surface area contributed by atoms with Gasteiger partial charge in [-0.3, -0.25) is 9.78 Å². The summed E-state index contributed by atoms with van der Waals surface area (Å²) < 4.78 is 0. The number of rotatable bonds is 2. The van der Waals surface area contributed by atoms with Crippen molar-refractivity contribution >= 4 is 5.91 Å². The minimum Gasteiger partial charge on any atom is -0.335 e. The second kappa shape index (κ2) is 4.69. The number of fused-ring (bicyclic) bond motifs is 2. The Labute approximate surface area is 107 Å². The van der Waals surface area contributed by atoms with Crippen molar-refractivity contribution in [3.63, 3.8) is 0 Å². The molecular weight excluding hydrogens is 226 g/mol. The van der Waals surface area contributed by atoms with E-state index in [0.29, 0.717) is 23.4 Å². The Balaban J connectivity index is 1.77. The zero-order valence-corrected chi connectivity index (χ0v) is 10.5. The summed E-state index contributed by atoms with van der Waals surface area (Å²) in [5.74, 6) is 1.34. The lowest BCUT2D eigenvalue weighted by Gasteiger charge is -2.27. The Morgan fingerprint density at radius 3 is 3.11 bits per heavy atom. The molecule has 3 rings (SSSR count). The topological polar surface area (TPSA) is 59.2 Å². The number of likely N-dealkylation sites (tertiary alicyclic amines) is 1. The molecule has 2 bridgehead atoms. The van der Waals surface area contributed by atoms with Crippen LogP contribution in [0.5, 0.6) is 0 Å². The highest BCUT2D eigenvalue weighted by Gasteiger charge is 2.42. The van der Waals surface area contributed by atoms with Crippen molar-refractivity contribution in [2.24, 2.45) is 17.6 Å². The molecular formula is C14H19N3O. The summed E-state index contributed by atoms with van der Waals surface area (Å²) in [6, 6.07) is 4.08. The lowest BCUT2D eigenvalue weighted by Crippen LogP contribution is -2.35. The molecule has 1 aromatic rings. The fraction of sp³-hybridized carbons (Fsp3) is 0.571. The van der Waals surface area contributed by atoms with Crippen LogP contribution in [0.2, 0.25) is 0 Å². The number of hydrogen-bond acceptors (Lipinski definition) is 3. The third kappa shape index (κ3) is 1.90. The van der Waals surface area contributed by atoms with Crippen LogP contribution in [-0.4, -0.2) is 34.9 Å². The molecule has 1 saturated carbocycles. The average molecular weight is 245 g/mol. The number of carbonyl (C=O) groups is 1. The maximum absolute atomic E-state index is 12.4. The lowest BCUT2D eigenvalue weighted by atomic mass is 9.80. The summed E-state index contributed by atoms with van der Waals surface area (Å²) in [4.78, 5) is 18.5. The second-order valence-electron chi connectivity index (χ2n) is 5.42. The number of carbonyl (C=O) groups excluding carboxylic acids is 1. The summed E-state index contributed by atoms with van der Waals surface area (Å²) in [6.45, 7) is 1.63. The Hall–Kier alpha value is -1.42. The summed E-state index contributed by atoms with van der Waals surface area (Å²) in [7, 11) is 0. The molecule has 2 heterocycles. The van der Waals surface area contributed by atoms with Gasteiger partial charge in [-0.1, -0.05) is 0 Å². The Kier molecular flexibility index (Phi) is 3.04. The molecule has 1 aliphatic heterocycles. The molecule has 4 heteroatoms. The third-order valence-corrected chi connectivity index (χ3v) is 4.46. The van der Waals surface area contributed by atoms with Gasteiger partial charge in [-0.25, -0.2) is 0 Å². The largest absolute Gasteiger partial charge is 0.335 e. The first kappa shape index (κ1) is 11.7. The first-order valence-electron chi connectivity index (χ1n) is 6.70. The highest BCUT2D eigenvalue weighted by atomic mass is 16.2. The molecule has 96 valence electrons. The van der Waals surface area contributed by atoms with Crippen LogP contribution in [0.15, 0.2) is 24.5 Å². The summed E-state index contributed by atoms with van der Waals surface area (Å²) in [5, 5.41) is 0. The van der Waals surface area contributed by atoms with Crippen molar-refractivity contribution in [2.75, 3.05) is 13.1 Å². The van der Waals surface area contributed by atoms with Gasteiger partial charge in [0.1, 0.15) is 0 Å². The van der Waals surface area contributed by atoms with E-state index in [1.54, 1.807) is 12.4 Å². The van der Waals surface area contributed by atoms with Crippen molar-refractivity contribution in [1.29, 1.82) is 0 Å². The van der Waals surface area contributed by atoms with E-state index < -0.39 is 0 Å². The first-order valence-corrected chi connectivity index (χ1v) is 6.70. The minimum atomic E-state index is 0.133. The number of pyridine rings is 1. The number of hydrogen-bond donors (Lipinski definition) is 1. The van der Waals surface area contributed by atoms with Crippen molar-refractivity contribution in [1.82, 2.24) is 9.88 Å². The van der Waals surface area contributed by atoms with Crippen molar-refractivity contribution in [3.05, 3.63) is 30.1 Å². The molecule has 2 fully saturated rings. The van der Waals surface area contributed by atoms with Gasteiger partial charge in [-0.05, 0) is 49.8 Å². The van der Waals surface area contributed by atoms with Crippen LogP contribution in [0.25, 0.3) is 0 Å². The fourth-order valence-corrected chi connectivity index (χ4v) is 3.42. The molecule has 3 unspecified atom stereocenters. The molecule has 18 heavy (non-hydrogen) atoms. The van der Waals surface area contributed by atoms with E-state index in [-0.39, 0.29) is 5.91 Å². The van der Waals surface area contributed by atoms with Gasteiger partial charge < -0.3 is 10.6 Å². The van der Waals surface area contributed by atoms with Gasteiger partial charge in [0.25, 0.3) is 5.91 Å². The van der Waals surface area contributed by atoms with E-state index in [1.807, 2.05) is 17.0 Å². The molecule has 1 aliphatic carbocycles. The van der Waals surface area contributed by atoms with Gasteiger partial charge in [0.05, 0.1) is 5.56 Å². The normalized spacial score (nSPS) is 30.5. The van der Waals surface area contributed by atoms with E-state index in [9.17, 15) is 4.79 Å². The van der Waals surface area contributed by atoms with Gasteiger partial charge in [-0.15, -0.1) is 0 Å². The molecule has 2 aliphatic rings. The second-order valence-corrected chi connectivity index (χ2v) is 5.42. The Morgan fingerprint density at radius 2 is 2.39 bits per heavy atom. The van der Waals surface area contributed by atoms with Gasteiger partial charge >= 0.3 is 0 Å². The number of amides is 1. The standard InChI is InChI=1S/C14H19N3O/c15-7-10-3-4-13-6-12(10)9-17(13)14(18)11-2-1-5-16-8-11/h1-2,5,8,10,12-13H,3-4,6-7,9,15H2. The molecule has 3 atom stereocenters. The average Bonchev–Trinajstić information content (AvgIpc) is 2.77. The van der Waals surface area contributed by atoms with Crippen LogP contribution >= 0.6 is 0 Å². The fourth-order valence-electron chi connectivity index (χ4n) is 3.42. The van der Waals surface area contributed by atoms with E-state index in [2.05, 4.69) is 4.98 Å². The van der Waals surface area contributed by atoms with Crippen LogP contribution in [0.4, 0.5) is 0 Å². The highest BCUT2D eigenvalue weighted by Crippen LogP contribution is 2.39. The van der Waals surface area contributed by atoms with Crippen LogP contribution in [0.3, 0.4) is 0 Å². The molecule has 4 nitrogen and oxygen atoms in total. The quantitative estimate of drug-likeness (QED) is 0.854. The zero-order valence-electron chi connectivity index (χ0n) is 10.5. The van der Waals surface area contributed by atoms with Gasteiger partial charge in [0.2, 0.25) is 0 Å². The molecule has 1 saturated heterocycles. The Bertz CT molecular complexity index is 434. The first-order chi connectivity index (χ1) is 8.79. The molecule has 0 spiro atoms. The predicted molar refractivity (Wildman–Crippen MR) is 68.9 cm³/mol. The smallest absolute Gasteiger partial charge is 0.255 e. The van der Waals surface area contributed by atoms with E-state index in [0.717, 1.165) is 25.9 Å². The molecule has 2 N–H and O–H groups in total. The van der Waals surface area contributed by atoms with Gasteiger partial charge in [-0.2, -0.15) is 0 Å². The predicted octanol–water partition coefficient (Wildman–Crippen LogP) is 1.28. The van der Waals surface area contributed by atoms with Gasteiger partial charge in [0.15, 0.2) is 0 Å². The van der Waals surface area contributed by atoms with Crippen molar-refractivity contribution in [3.8, 4) is 0 Å². The van der Waals surface area contributed by atoms with Gasteiger partial charge in [0, 0.05) is 25.0 Å². The lowest BCUT2D eigenvalue weighted by molar-refractivity contribution is 0.0732. The van der Waals surface area contributed by atoms with E-state index in [4.69, 9.17) is 5.73 Å². The molecule has 1 aromatic heterocycles. The summed E-state index contributed by atoms with van der Waals surface area (Å²) in [5.41, 5.74) is 6.51. The van der Waals surface area contributed by atoms with E-state index >= 15 is 0 Å². The SMILES string of the molecule is NCC1CCC2CC1CN2C(=O)c1cccnc1. The third-order valence-electron chi connectivity index (χ3n) is 4.46. The number of nitrogens with zero attached hydrogens (tertiary/aromatic N) is 2. The summed E-state index contributed by atoms with van der Waals surface area (Å²) in [6.07, 6.45) is 6.76.